The summed E-state index contributed by atoms with van der Waals surface area (Å²) in [7, 11) is 0. The number of benzene rings is 2. The molecule has 0 heterocycles. The number of nitrogens with two attached hydrogens (primary N) is 1. The van der Waals surface area contributed by atoms with E-state index in [1.54, 1.807) is 24.4 Å². The SMILES string of the molecule is NC(=S)NN=Cc1cccc(OCc2ccc(Cl)c(F)c2)c1. The van der Waals surface area contributed by atoms with Crippen LogP contribution in [0.25, 0.3) is 0 Å². The number of nitrogens with one attached hydrogen (secondary N) is 1. The Balaban J connectivity index is 1.99. The first-order valence-corrected chi connectivity index (χ1v) is 7.08. The average molecular weight is 338 g/mol. The second kappa shape index (κ2) is 7.72. The van der Waals surface area contributed by atoms with Crippen molar-refractivity contribution in [1.82, 2.24) is 5.43 Å². The largest absolute Gasteiger partial charge is 0.489 e. The monoisotopic (exact) mass is 337 g/mol. The summed E-state index contributed by atoms with van der Waals surface area (Å²) in [6.45, 7) is 0.236. The molecule has 4 nitrogen and oxygen atoms in total. The van der Waals surface area contributed by atoms with E-state index in [0.29, 0.717) is 11.3 Å². The zero-order chi connectivity index (χ0) is 15.9. The van der Waals surface area contributed by atoms with Gasteiger partial charge in [0.2, 0.25) is 0 Å². The molecule has 0 bridgehead atoms. The van der Waals surface area contributed by atoms with Crippen molar-refractivity contribution in [2.75, 3.05) is 0 Å². The van der Waals surface area contributed by atoms with Crippen LogP contribution < -0.4 is 15.9 Å². The van der Waals surface area contributed by atoms with Crippen molar-refractivity contribution in [3.05, 3.63) is 64.4 Å². The highest BCUT2D eigenvalue weighted by molar-refractivity contribution is 7.80. The van der Waals surface area contributed by atoms with Crippen LogP contribution in [0.3, 0.4) is 0 Å². The van der Waals surface area contributed by atoms with E-state index < -0.39 is 5.82 Å². The first kappa shape index (κ1) is 16.2. The van der Waals surface area contributed by atoms with Crippen LogP contribution in [0, 0.1) is 5.82 Å². The molecule has 2 aromatic carbocycles. The Bertz CT molecular complexity index is 709. The highest BCUT2D eigenvalue weighted by Crippen LogP contribution is 2.18. The summed E-state index contributed by atoms with van der Waals surface area (Å²) in [6, 6.07) is 11.8. The van der Waals surface area contributed by atoms with Gasteiger partial charge in [0.05, 0.1) is 11.2 Å². The first-order valence-electron chi connectivity index (χ1n) is 6.30. The normalized spacial score (nSPS) is 10.6. The molecule has 0 fully saturated rings. The summed E-state index contributed by atoms with van der Waals surface area (Å²) in [5.74, 6) is 0.169. The lowest BCUT2D eigenvalue weighted by Gasteiger charge is -2.07. The molecule has 0 aliphatic heterocycles. The summed E-state index contributed by atoms with van der Waals surface area (Å²) in [5.41, 5.74) is 9.23. The molecular formula is C15H13ClFN3OS. The molecule has 114 valence electrons. The number of rotatable bonds is 5. The van der Waals surface area contributed by atoms with E-state index in [9.17, 15) is 4.39 Å². The summed E-state index contributed by atoms with van der Waals surface area (Å²) < 4.78 is 19.0. The van der Waals surface area contributed by atoms with E-state index in [1.165, 1.54) is 12.1 Å². The predicted molar refractivity (Wildman–Crippen MR) is 89.7 cm³/mol. The van der Waals surface area contributed by atoms with Gasteiger partial charge in [-0.15, -0.1) is 0 Å². The summed E-state index contributed by atoms with van der Waals surface area (Å²) in [4.78, 5) is 0. The lowest BCUT2D eigenvalue weighted by molar-refractivity contribution is 0.305. The molecule has 2 aromatic rings. The van der Waals surface area contributed by atoms with Crippen LogP contribution in [0.2, 0.25) is 5.02 Å². The van der Waals surface area contributed by atoms with E-state index in [-0.39, 0.29) is 16.7 Å². The van der Waals surface area contributed by atoms with Crippen LogP contribution in [0.4, 0.5) is 4.39 Å². The number of halogens is 2. The molecule has 0 saturated carbocycles. The molecule has 0 aliphatic rings. The van der Waals surface area contributed by atoms with Gasteiger partial charge in [-0.3, -0.25) is 5.43 Å². The van der Waals surface area contributed by atoms with E-state index in [2.05, 4.69) is 22.7 Å². The van der Waals surface area contributed by atoms with Gasteiger partial charge in [-0.2, -0.15) is 5.10 Å². The van der Waals surface area contributed by atoms with Crippen molar-refractivity contribution in [1.29, 1.82) is 0 Å². The van der Waals surface area contributed by atoms with E-state index in [1.807, 2.05) is 12.1 Å². The number of thiocarbonyl (C=S) groups is 1. The Hall–Kier alpha value is -2.18. The molecule has 0 spiro atoms. The zero-order valence-corrected chi connectivity index (χ0v) is 13.0. The van der Waals surface area contributed by atoms with E-state index in [0.717, 1.165) is 5.56 Å². The van der Waals surface area contributed by atoms with E-state index in [4.69, 9.17) is 22.1 Å². The van der Waals surface area contributed by atoms with Gasteiger partial charge in [0.15, 0.2) is 5.11 Å². The Morgan fingerprint density at radius 3 is 2.91 bits per heavy atom. The Morgan fingerprint density at radius 1 is 1.36 bits per heavy atom. The first-order chi connectivity index (χ1) is 10.5. The fourth-order valence-corrected chi connectivity index (χ4v) is 1.82. The predicted octanol–water partition coefficient (Wildman–Crippen LogP) is 3.23. The highest BCUT2D eigenvalue weighted by Gasteiger charge is 2.02. The Morgan fingerprint density at radius 2 is 2.18 bits per heavy atom. The van der Waals surface area contributed by atoms with Crippen LogP contribution in [0.1, 0.15) is 11.1 Å². The van der Waals surface area contributed by atoms with Crippen LogP contribution >= 0.6 is 23.8 Å². The molecule has 3 N–H and O–H groups in total. The molecular weight excluding hydrogens is 325 g/mol. The maximum Gasteiger partial charge on any atom is 0.184 e. The lowest BCUT2D eigenvalue weighted by Crippen LogP contribution is -2.23. The molecule has 22 heavy (non-hydrogen) atoms. The molecule has 0 unspecified atom stereocenters. The molecule has 0 aromatic heterocycles. The Kier molecular flexibility index (Phi) is 5.68. The maximum absolute atomic E-state index is 13.3. The summed E-state index contributed by atoms with van der Waals surface area (Å²) >= 11 is 10.3. The van der Waals surface area contributed by atoms with Gasteiger partial charge in [-0.25, -0.2) is 4.39 Å². The summed E-state index contributed by atoms with van der Waals surface area (Å²) in [5, 5.41) is 4.04. The maximum atomic E-state index is 13.3. The lowest BCUT2D eigenvalue weighted by atomic mass is 10.2. The smallest absolute Gasteiger partial charge is 0.184 e. The highest BCUT2D eigenvalue weighted by atomic mass is 35.5. The van der Waals surface area contributed by atoms with Crippen LogP contribution in [-0.4, -0.2) is 11.3 Å². The van der Waals surface area contributed by atoms with Crippen molar-refractivity contribution >= 4 is 35.1 Å². The van der Waals surface area contributed by atoms with Gasteiger partial charge in [0, 0.05) is 0 Å². The van der Waals surface area contributed by atoms with Crippen LogP contribution in [-0.2, 0) is 6.61 Å². The van der Waals surface area contributed by atoms with Gasteiger partial charge in [-0.1, -0.05) is 29.8 Å². The number of hydrazone groups is 1. The second-order valence-corrected chi connectivity index (χ2v) is 5.19. The molecule has 0 atom stereocenters. The molecule has 0 radical (unpaired) electrons. The fraction of sp³-hybridized carbons (Fsp3) is 0.0667. The van der Waals surface area contributed by atoms with Gasteiger partial charge in [-0.05, 0) is 47.6 Å². The Labute approximate surface area is 137 Å². The van der Waals surface area contributed by atoms with Crippen molar-refractivity contribution in [3.63, 3.8) is 0 Å². The van der Waals surface area contributed by atoms with E-state index >= 15 is 0 Å². The minimum atomic E-state index is -0.465. The quantitative estimate of drug-likeness (QED) is 0.499. The van der Waals surface area contributed by atoms with Crippen molar-refractivity contribution in [2.24, 2.45) is 10.8 Å². The third kappa shape index (κ3) is 4.98. The number of nitrogens with zero attached hydrogens (tertiary/aromatic N) is 1. The van der Waals surface area contributed by atoms with Gasteiger partial charge >= 0.3 is 0 Å². The zero-order valence-electron chi connectivity index (χ0n) is 11.4. The van der Waals surface area contributed by atoms with Crippen LogP contribution in [0.15, 0.2) is 47.6 Å². The van der Waals surface area contributed by atoms with Crippen molar-refractivity contribution in [2.45, 2.75) is 6.61 Å². The third-order valence-electron chi connectivity index (χ3n) is 2.64. The third-order valence-corrected chi connectivity index (χ3v) is 3.03. The van der Waals surface area contributed by atoms with Gasteiger partial charge in [0.1, 0.15) is 18.2 Å². The fourth-order valence-electron chi connectivity index (χ4n) is 1.65. The number of hydrogen-bond donors (Lipinski definition) is 2. The van der Waals surface area contributed by atoms with Crippen LogP contribution in [0.5, 0.6) is 5.75 Å². The second-order valence-electron chi connectivity index (χ2n) is 4.34. The van der Waals surface area contributed by atoms with Gasteiger partial charge < -0.3 is 10.5 Å². The molecule has 0 aliphatic carbocycles. The summed E-state index contributed by atoms with van der Waals surface area (Å²) in [6.07, 6.45) is 1.56. The minimum Gasteiger partial charge on any atom is -0.489 e. The van der Waals surface area contributed by atoms with Gasteiger partial charge in [0.25, 0.3) is 0 Å². The molecule has 2 rings (SSSR count). The molecule has 0 amide bonds. The molecule has 7 heteroatoms. The average Bonchev–Trinajstić information content (AvgIpc) is 2.49. The van der Waals surface area contributed by atoms with Crippen molar-refractivity contribution < 1.29 is 9.13 Å². The molecule has 0 saturated heterocycles. The topological polar surface area (TPSA) is 59.6 Å². The number of hydrogen-bond acceptors (Lipinski definition) is 3. The minimum absolute atomic E-state index is 0.0901. The van der Waals surface area contributed by atoms with Crippen molar-refractivity contribution in [3.8, 4) is 5.75 Å². The number of ether oxygens (including phenoxy) is 1. The standard InChI is InChI=1S/C15H13ClFN3OS/c16-13-5-4-11(7-14(13)17)9-21-12-3-1-2-10(6-12)8-19-20-15(18)22/h1-8H,9H2,(H3,18,20,22).